The molecule has 0 unspecified atom stereocenters. The van der Waals surface area contributed by atoms with Crippen LogP contribution >= 0.6 is 27.3 Å². The molecule has 0 radical (unpaired) electrons. The first kappa shape index (κ1) is 19.3. The van der Waals surface area contributed by atoms with Gasteiger partial charge in [-0.15, -0.1) is 11.3 Å². The van der Waals surface area contributed by atoms with E-state index in [1.54, 1.807) is 29.2 Å². The van der Waals surface area contributed by atoms with E-state index in [1.165, 1.54) is 11.6 Å². The fourth-order valence-corrected chi connectivity index (χ4v) is 3.83. The van der Waals surface area contributed by atoms with E-state index in [1.807, 2.05) is 41.8 Å². The normalized spacial score (nSPS) is 11.6. The van der Waals surface area contributed by atoms with Gasteiger partial charge in [0.05, 0.1) is 12.8 Å². The third kappa shape index (κ3) is 3.68. The number of nitrogens with zero attached hydrogens (tertiary/aromatic N) is 5. The highest BCUT2D eigenvalue weighted by Gasteiger charge is 2.19. The molecule has 4 aromatic rings. The van der Waals surface area contributed by atoms with Crippen LogP contribution in [0.25, 0.3) is 11.2 Å². The number of hydrazone groups is 1. The van der Waals surface area contributed by atoms with Crippen molar-refractivity contribution in [3.8, 4) is 0 Å². The molecular weight excluding hydrogens is 456 g/mol. The number of rotatable bonds is 5. The van der Waals surface area contributed by atoms with Gasteiger partial charge in [0.1, 0.15) is 0 Å². The van der Waals surface area contributed by atoms with Crippen molar-refractivity contribution in [2.45, 2.75) is 6.54 Å². The first-order valence-electron chi connectivity index (χ1n) is 8.69. The summed E-state index contributed by atoms with van der Waals surface area (Å²) in [6.45, 7) is 0.397. The van der Waals surface area contributed by atoms with Crippen molar-refractivity contribution in [1.29, 1.82) is 0 Å². The summed E-state index contributed by atoms with van der Waals surface area (Å²) in [7, 11) is 3.06. The first-order chi connectivity index (χ1) is 14.0. The van der Waals surface area contributed by atoms with Gasteiger partial charge in [0, 0.05) is 23.4 Å². The van der Waals surface area contributed by atoms with Crippen LogP contribution in [-0.4, -0.2) is 24.9 Å². The lowest BCUT2D eigenvalue weighted by molar-refractivity contribution is 0.702. The van der Waals surface area contributed by atoms with Crippen LogP contribution in [0.1, 0.15) is 10.4 Å². The number of imidazole rings is 1. The molecule has 10 heteroatoms. The maximum absolute atomic E-state index is 12.9. The van der Waals surface area contributed by atoms with Gasteiger partial charge in [-0.1, -0.05) is 34.1 Å². The predicted molar refractivity (Wildman–Crippen MR) is 119 cm³/mol. The zero-order valence-corrected chi connectivity index (χ0v) is 18.1. The molecule has 0 spiro atoms. The number of fused-ring (bicyclic) bond motifs is 1. The van der Waals surface area contributed by atoms with Gasteiger partial charge in [0.15, 0.2) is 11.2 Å². The van der Waals surface area contributed by atoms with Gasteiger partial charge in [-0.3, -0.25) is 18.5 Å². The maximum Gasteiger partial charge on any atom is 0.332 e. The van der Waals surface area contributed by atoms with E-state index in [4.69, 9.17) is 0 Å². The fourth-order valence-electron chi connectivity index (χ4n) is 2.98. The average Bonchev–Trinajstić information content (AvgIpc) is 3.35. The molecule has 0 saturated carbocycles. The minimum atomic E-state index is -0.426. The van der Waals surface area contributed by atoms with Gasteiger partial charge in [0.25, 0.3) is 5.56 Å². The molecule has 4 rings (SSSR count). The summed E-state index contributed by atoms with van der Waals surface area (Å²) in [5, 5.41) is 6.21. The van der Waals surface area contributed by atoms with Gasteiger partial charge >= 0.3 is 5.69 Å². The number of halogens is 1. The van der Waals surface area contributed by atoms with Crippen LogP contribution in [0.2, 0.25) is 0 Å². The van der Waals surface area contributed by atoms with E-state index in [0.717, 1.165) is 19.5 Å². The zero-order chi connectivity index (χ0) is 20.5. The second-order valence-corrected chi connectivity index (χ2v) is 8.31. The molecule has 8 nitrogen and oxygen atoms in total. The Balaban J connectivity index is 1.85. The fraction of sp³-hybridized carbons (Fsp3) is 0.158. The summed E-state index contributed by atoms with van der Waals surface area (Å²) in [6.07, 6.45) is 1.69. The molecular formula is C19H17BrN6O2S. The van der Waals surface area contributed by atoms with Gasteiger partial charge in [-0.25, -0.2) is 10.2 Å². The van der Waals surface area contributed by atoms with E-state index in [2.05, 4.69) is 31.4 Å². The number of aryl methyl sites for hydroxylation is 1. The molecule has 0 aliphatic rings. The van der Waals surface area contributed by atoms with E-state index >= 15 is 0 Å². The Morgan fingerprint density at radius 3 is 2.62 bits per heavy atom. The topological polar surface area (TPSA) is 86.2 Å². The summed E-state index contributed by atoms with van der Waals surface area (Å²) in [6, 6.07) is 11.7. The quantitative estimate of drug-likeness (QED) is 0.357. The van der Waals surface area contributed by atoms with Crippen molar-refractivity contribution in [3.05, 3.63) is 77.5 Å². The molecule has 0 aliphatic carbocycles. The molecule has 29 heavy (non-hydrogen) atoms. The third-order valence-corrected chi connectivity index (χ3v) is 5.84. The minimum absolute atomic E-state index is 0.309. The molecule has 0 bridgehead atoms. The lowest BCUT2D eigenvalue weighted by Gasteiger charge is -2.09. The van der Waals surface area contributed by atoms with E-state index in [0.29, 0.717) is 23.7 Å². The Kier molecular flexibility index (Phi) is 5.20. The van der Waals surface area contributed by atoms with Crippen molar-refractivity contribution in [2.24, 2.45) is 19.2 Å². The summed E-state index contributed by atoms with van der Waals surface area (Å²) < 4.78 is 5.16. The first-order valence-corrected chi connectivity index (χ1v) is 10.4. The Labute approximate surface area is 177 Å². The predicted octanol–water partition coefficient (Wildman–Crippen LogP) is 2.75. The standard InChI is InChI=1S/C19H17BrN6O2S/c1-24-16-15(17(27)25(2)19(24)28)26(11-12-5-7-13(20)8-6-12)18(22-16)23-21-10-14-4-3-9-29-14/h3-10H,11H2,1-2H3,(H,22,23). The molecule has 3 heterocycles. The number of benzene rings is 1. The van der Waals surface area contributed by atoms with Gasteiger partial charge in [-0.2, -0.15) is 10.1 Å². The Hall–Kier alpha value is -2.98. The largest absolute Gasteiger partial charge is 0.332 e. The van der Waals surface area contributed by atoms with E-state index < -0.39 is 11.2 Å². The molecule has 0 atom stereocenters. The number of thiophene rings is 1. The van der Waals surface area contributed by atoms with Gasteiger partial charge in [-0.05, 0) is 29.1 Å². The summed E-state index contributed by atoms with van der Waals surface area (Å²) in [5.41, 5.74) is 3.72. The summed E-state index contributed by atoms with van der Waals surface area (Å²) in [5.74, 6) is 0.383. The van der Waals surface area contributed by atoms with Gasteiger partial charge in [0.2, 0.25) is 5.95 Å². The van der Waals surface area contributed by atoms with Crippen molar-refractivity contribution < 1.29 is 0 Å². The number of aromatic nitrogens is 4. The smallest absolute Gasteiger partial charge is 0.298 e. The Bertz CT molecular complexity index is 1320. The number of hydrogen-bond acceptors (Lipinski definition) is 6. The number of nitrogens with one attached hydrogen (secondary N) is 1. The van der Waals surface area contributed by atoms with Crippen LogP contribution in [0.4, 0.5) is 5.95 Å². The molecule has 1 aromatic carbocycles. The second-order valence-electron chi connectivity index (χ2n) is 6.41. The molecule has 0 fully saturated rings. The van der Waals surface area contributed by atoms with Crippen molar-refractivity contribution in [1.82, 2.24) is 18.7 Å². The minimum Gasteiger partial charge on any atom is -0.298 e. The monoisotopic (exact) mass is 472 g/mol. The molecule has 0 amide bonds. The van der Waals surface area contributed by atoms with E-state index in [9.17, 15) is 9.59 Å². The van der Waals surface area contributed by atoms with Crippen LogP contribution in [0.3, 0.4) is 0 Å². The molecule has 0 aliphatic heterocycles. The van der Waals surface area contributed by atoms with Crippen LogP contribution in [0.5, 0.6) is 0 Å². The maximum atomic E-state index is 12.9. The van der Waals surface area contributed by atoms with Crippen molar-refractivity contribution in [3.63, 3.8) is 0 Å². The van der Waals surface area contributed by atoms with Gasteiger partial charge < -0.3 is 0 Å². The van der Waals surface area contributed by atoms with Crippen LogP contribution in [0.15, 0.2) is 60.9 Å². The zero-order valence-electron chi connectivity index (χ0n) is 15.7. The molecule has 3 aromatic heterocycles. The lowest BCUT2D eigenvalue weighted by Crippen LogP contribution is -2.37. The Morgan fingerprint density at radius 1 is 1.17 bits per heavy atom. The highest BCUT2D eigenvalue weighted by molar-refractivity contribution is 9.10. The molecule has 0 saturated heterocycles. The molecule has 148 valence electrons. The van der Waals surface area contributed by atoms with Crippen molar-refractivity contribution in [2.75, 3.05) is 5.43 Å². The van der Waals surface area contributed by atoms with Crippen LogP contribution in [-0.2, 0) is 20.6 Å². The third-order valence-electron chi connectivity index (χ3n) is 4.50. The average molecular weight is 473 g/mol. The molecule has 1 N–H and O–H groups in total. The van der Waals surface area contributed by atoms with Crippen molar-refractivity contribution >= 4 is 50.6 Å². The SMILES string of the molecule is Cn1c(=O)c2c(nc(NN=Cc3cccs3)n2Cc2ccc(Br)cc2)n(C)c1=O. The summed E-state index contributed by atoms with van der Waals surface area (Å²) >= 11 is 4.99. The highest BCUT2D eigenvalue weighted by Crippen LogP contribution is 2.19. The number of hydrogen-bond donors (Lipinski definition) is 1. The highest BCUT2D eigenvalue weighted by atomic mass is 79.9. The van der Waals surface area contributed by atoms with Crippen LogP contribution in [0, 0.1) is 0 Å². The second kappa shape index (κ2) is 7.80. The van der Waals surface area contributed by atoms with Crippen LogP contribution < -0.4 is 16.7 Å². The Morgan fingerprint density at radius 2 is 1.93 bits per heavy atom. The number of anilines is 1. The van der Waals surface area contributed by atoms with E-state index in [-0.39, 0.29) is 0 Å². The summed E-state index contributed by atoms with van der Waals surface area (Å²) in [4.78, 5) is 30.6. The lowest BCUT2D eigenvalue weighted by atomic mass is 10.2.